The number of carbonyl (C=O) groups excluding carboxylic acids is 1. The van der Waals surface area contributed by atoms with Gasteiger partial charge in [-0.1, -0.05) is 12.1 Å². The molecule has 8 heteroatoms. The highest BCUT2D eigenvalue weighted by atomic mass is 32.1. The van der Waals surface area contributed by atoms with Crippen molar-refractivity contribution >= 4 is 33.1 Å². The minimum Gasteiger partial charge on any atom is -0.383 e. The molecule has 0 bridgehead atoms. The quantitative estimate of drug-likeness (QED) is 0.721. The van der Waals surface area contributed by atoms with Gasteiger partial charge in [-0.3, -0.25) is 9.59 Å². The molecule has 0 saturated carbocycles. The maximum absolute atomic E-state index is 12.3. The summed E-state index contributed by atoms with van der Waals surface area (Å²) < 4.78 is 6.40. The van der Waals surface area contributed by atoms with Crippen molar-refractivity contribution in [2.45, 2.75) is 6.04 Å². The molecule has 25 heavy (non-hydrogen) atoms. The van der Waals surface area contributed by atoms with Gasteiger partial charge in [-0.05, 0) is 17.5 Å². The molecule has 0 unspecified atom stereocenters. The smallest absolute Gasteiger partial charge is 0.258 e. The fourth-order valence-corrected chi connectivity index (χ4v) is 3.14. The molecule has 0 saturated heterocycles. The zero-order valence-corrected chi connectivity index (χ0v) is 14.7. The molecule has 7 nitrogen and oxygen atoms in total. The number of anilines is 1. The Morgan fingerprint density at radius 2 is 2.24 bits per heavy atom. The number of aryl methyl sites for hydroxylation is 1. The first kappa shape index (κ1) is 17.3. The monoisotopic (exact) mass is 358 g/mol. The first-order chi connectivity index (χ1) is 12.0. The minimum atomic E-state index is -0.749. The molecule has 0 radical (unpaired) electrons. The molecule has 1 aromatic carbocycles. The highest BCUT2D eigenvalue weighted by Gasteiger charge is 2.15. The highest BCUT2D eigenvalue weighted by Crippen LogP contribution is 2.26. The second-order valence-electron chi connectivity index (χ2n) is 5.62. The van der Waals surface area contributed by atoms with Crippen molar-refractivity contribution in [3.63, 3.8) is 0 Å². The number of ether oxygens (including phenoxy) is 1. The Morgan fingerprint density at radius 1 is 1.44 bits per heavy atom. The zero-order chi connectivity index (χ0) is 18.0. The van der Waals surface area contributed by atoms with Crippen LogP contribution in [-0.4, -0.2) is 35.2 Å². The van der Waals surface area contributed by atoms with E-state index in [-0.39, 0.29) is 18.1 Å². The van der Waals surface area contributed by atoms with Crippen LogP contribution in [0.5, 0.6) is 0 Å². The van der Waals surface area contributed by atoms with Crippen molar-refractivity contribution < 1.29 is 9.53 Å². The van der Waals surface area contributed by atoms with Crippen molar-refractivity contribution in [3.05, 3.63) is 46.2 Å². The number of fused-ring (bicyclic) bond motifs is 1. The van der Waals surface area contributed by atoms with Crippen LogP contribution < -0.4 is 16.6 Å². The van der Waals surface area contributed by atoms with Crippen molar-refractivity contribution in [1.82, 2.24) is 9.55 Å². The predicted molar refractivity (Wildman–Crippen MR) is 98.8 cm³/mol. The lowest BCUT2D eigenvalue weighted by Crippen LogP contribution is -2.39. The summed E-state index contributed by atoms with van der Waals surface area (Å²) in [7, 11) is 3.20. The molecule has 2 aromatic heterocycles. The molecule has 0 aliphatic heterocycles. The summed E-state index contributed by atoms with van der Waals surface area (Å²) in [5, 5.41) is 6.45. The number of hydrogen-bond donors (Lipinski definition) is 2. The Kier molecular flexibility index (Phi) is 4.93. The maximum Gasteiger partial charge on any atom is 0.258 e. The molecule has 3 aromatic rings. The molecular weight excluding hydrogens is 340 g/mol. The van der Waals surface area contributed by atoms with Gasteiger partial charge in [-0.2, -0.15) is 0 Å². The number of aromatic nitrogens is 2. The fourth-order valence-electron chi connectivity index (χ4n) is 2.41. The Bertz CT molecular complexity index is 979. The van der Waals surface area contributed by atoms with Gasteiger partial charge in [0.15, 0.2) is 5.13 Å². The summed E-state index contributed by atoms with van der Waals surface area (Å²) >= 11 is 1.30. The summed E-state index contributed by atoms with van der Waals surface area (Å²) in [6.07, 6.45) is 1.74. The number of pyridine rings is 1. The Morgan fingerprint density at radius 3 is 3.00 bits per heavy atom. The molecule has 3 rings (SSSR count). The van der Waals surface area contributed by atoms with Gasteiger partial charge in [0, 0.05) is 36.7 Å². The molecular formula is C17H18N4O3S. The van der Waals surface area contributed by atoms with Crippen molar-refractivity contribution in [2.24, 2.45) is 12.8 Å². The first-order valence-electron chi connectivity index (χ1n) is 7.60. The minimum absolute atomic E-state index is 0.0614. The van der Waals surface area contributed by atoms with Crippen LogP contribution in [0.3, 0.4) is 0 Å². The summed E-state index contributed by atoms with van der Waals surface area (Å²) in [6, 6.07) is 6.75. The topological polar surface area (TPSA) is 99.2 Å². The van der Waals surface area contributed by atoms with Crippen LogP contribution in [0.1, 0.15) is 0 Å². The zero-order valence-electron chi connectivity index (χ0n) is 13.9. The number of methoxy groups -OCH3 is 1. The number of benzene rings is 1. The van der Waals surface area contributed by atoms with Crippen molar-refractivity contribution in [3.8, 4) is 11.3 Å². The normalized spacial score (nSPS) is 12.3. The van der Waals surface area contributed by atoms with Gasteiger partial charge in [-0.25, -0.2) is 4.98 Å². The van der Waals surface area contributed by atoms with Gasteiger partial charge in [0.05, 0.1) is 12.3 Å². The summed E-state index contributed by atoms with van der Waals surface area (Å²) in [4.78, 5) is 28.6. The number of rotatable bonds is 5. The van der Waals surface area contributed by atoms with E-state index in [1.807, 2.05) is 29.6 Å². The molecule has 2 heterocycles. The van der Waals surface area contributed by atoms with Crippen LogP contribution in [0, 0.1) is 0 Å². The van der Waals surface area contributed by atoms with Crippen LogP contribution in [0.15, 0.2) is 40.6 Å². The van der Waals surface area contributed by atoms with E-state index in [9.17, 15) is 9.59 Å². The molecule has 1 atom stereocenters. The summed E-state index contributed by atoms with van der Waals surface area (Å²) in [5.74, 6) is -0.352. The van der Waals surface area contributed by atoms with Crippen LogP contribution in [0.4, 0.5) is 5.13 Å². The van der Waals surface area contributed by atoms with Crippen LogP contribution in [0.2, 0.25) is 0 Å². The van der Waals surface area contributed by atoms with E-state index < -0.39 is 6.04 Å². The second-order valence-corrected chi connectivity index (χ2v) is 6.48. The van der Waals surface area contributed by atoms with E-state index in [2.05, 4.69) is 10.3 Å². The molecule has 0 spiro atoms. The molecule has 1 amide bonds. The average Bonchev–Trinajstić information content (AvgIpc) is 3.06. The van der Waals surface area contributed by atoms with Crippen LogP contribution in [-0.2, 0) is 16.6 Å². The van der Waals surface area contributed by atoms with E-state index in [1.165, 1.54) is 23.0 Å². The van der Waals surface area contributed by atoms with Gasteiger partial charge in [-0.15, -0.1) is 11.3 Å². The van der Waals surface area contributed by atoms with Crippen molar-refractivity contribution in [2.75, 3.05) is 19.0 Å². The van der Waals surface area contributed by atoms with Crippen LogP contribution in [0.25, 0.3) is 22.0 Å². The Balaban J connectivity index is 1.87. The third-order valence-electron chi connectivity index (χ3n) is 3.79. The molecule has 130 valence electrons. The lowest BCUT2D eigenvalue weighted by molar-refractivity contribution is -0.118. The molecule has 0 fully saturated rings. The van der Waals surface area contributed by atoms with E-state index in [4.69, 9.17) is 10.5 Å². The average molecular weight is 358 g/mol. The lowest BCUT2D eigenvalue weighted by atomic mass is 10.1. The third kappa shape index (κ3) is 3.60. The number of carbonyl (C=O) groups is 1. The second kappa shape index (κ2) is 7.14. The van der Waals surface area contributed by atoms with Gasteiger partial charge in [0.25, 0.3) is 5.56 Å². The number of nitrogens with one attached hydrogen (secondary N) is 1. The highest BCUT2D eigenvalue weighted by molar-refractivity contribution is 7.14. The van der Waals surface area contributed by atoms with Gasteiger partial charge in [0.1, 0.15) is 6.04 Å². The fraction of sp³-hybridized carbons (Fsp3) is 0.235. The largest absolute Gasteiger partial charge is 0.383 e. The lowest BCUT2D eigenvalue weighted by Gasteiger charge is -2.08. The van der Waals surface area contributed by atoms with E-state index in [1.54, 1.807) is 13.2 Å². The van der Waals surface area contributed by atoms with Crippen LogP contribution >= 0.6 is 11.3 Å². The van der Waals surface area contributed by atoms with E-state index in [0.717, 1.165) is 10.9 Å². The summed E-state index contributed by atoms with van der Waals surface area (Å²) in [6.45, 7) is 0.137. The van der Waals surface area contributed by atoms with Gasteiger partial charge in [0.2, 0.25) is 5.91 Å². The van der Waals surface area contributed by atoms with E-state index >= 15 is 0 Å². The van der Waals surface area contributed by atoms with Gasteiger partial charge >= 0.3 is 0 Å². The SMILES string of the molecule is COC[C@H](N)C(=O)Nc1nc(-c2ccc3ccn(C)c(=O)c3c2)cs1. The number of nitrogens with zero attached hydrogens (tertiary/aromatic N) is 2. The van der Waals surface area contributed by atoms with Gasteiger partial charge < -0.3 is 20.4 Å². The first-order valence-corrected chi connectivity index (χ1v) is 8.48. The van der Waals surface area contributed by atoms with Crippen molar-refractivity contribution in [1.29, 1.82) is 0 Å². The molecule has 0 aliphatic carbocycles. The third-order valence-corrected chi connectivity index (χ3v) is 4.55. The van der Waals surface area contributed by atoms with E-state index in [0.29, 0.717) is 16.2 Å². The Labute approximate surface area is 148 Å². The number of thiazole rings is 1. The molecule has 3 N–H and O–H groups in total. The number of amides is 1. The standard InChI is InChI=1S/C17H18N4O3S/c1-21-6-5-10-3-4-11(7-12(10)16(21)23)14-9-25-17(19-14)20-15(22)13(18)8-24-2/h3-7,9,13H,8,18H2,1-2H3,(H,19,20,22)/t13-/m0/s1. The summed E-state index contributed by atoms with van der Waals surface area (Å²) in [5.41, 5.74) is 7.13. The number of hydrogen-bond acceptors (Lipinski definition) is 6. The number of nitrogens with two attached hydrogens (primary N) is 1. The molecule has 0 aliphatic rings. The Hall–Kier alpha value is -2.55. The predicted octanol–water partition coefficient (Wildman–Crippen LogP) is 1.57. The maximum atomic E-state index is 12.3.